The molecule has 2 aromatic carbocycles. The van der Waals surface area contributed by atoms with Crippen molar-refractivity contribution in [2.45, 2.75) is 6.92 Å². The highest BCUT2D eigenvalue weighted by atomic mass is 16.3. The molecule has 0 aliphatic heterocycles. The molecule has 0 aliphatic rings. The van der Waals surface area contributed by atoms with Crippen LogP contribution in [-0.4, -0.2) is 11.8 Å². The summed E-state index contributed by atoms with van der Waals surface area (Å²) in [7, 11) is 0. The summed E-state index contributed by atoms with van der Waals surface area (Å²) in [4.78, 5) is 23.5. The van der Waals surface area contributed by atoms with Gasteiger partial charge in [-0.15, -0.1) is 0 Å². The number of furan rings is 1. The number of benzene rings is 2. The van der Waals surface area contributed by atoms with E-state index in [9.17, 15) is 9.59 Å². The molecule has 0 atom stereocenters. The van der Waals surface area contributed by atoms with Gasteiger partial charge in [0.25, 0.3) is 5.91 Å². The fourth-order valence-corrected chi connectivity index (χ4v) is 2.33. The van der Waals surface area contributed by atoms with E-state index in [-0.39, 0.29) is 11.7 Å². The van der Waals surface area contributed by atoms with Gasteiger partial charge in [0.15, 0.2) is 5.76 Å². The number of carbonyl (C=O) groups excluding carboxylic acids is 2. The number of amides is 2. The normalized spacial score (nSPS) is 10.6. The van der Waals surface area contributed by atoms with Crippen LogP contribution in [0.1, 0.15) is 26.5 Å². The highest BCUT2D eigenvalue weighted by Crippen LogP contribution is 2.25. The van der Waals surface area contributed by atoms with Gasteiger partial charge in [0.05, 0.1) is 0 Å². The molecule has 0 saturated heterocycles. The molecule has 3 N–H and O–H groups in total. The van der Waals surface area contributed by atoms with Crippen molar-refractivity contribution >= 4 is 28.5 Å². The van der Waals surface area contributed by atoms with Gasteiger partial charge in [-0.25, -0.2) is 0 Å². The van der Waals surface area contributed by atoms with Gasteiger partial charge in [-0.05, 0) is 31.2 Å². The van der Waals surface area contributed by atoms with Gasteiger partial charge in [-0.3, -0.25) is 9.59 Å². The summed E-state index contributed by atoms with van der Waals surface area (Å²) >= 11 is 0. The summed E-state index contributed by atoms with van der Waals surface area (Å²) in [5.41, 5.74) is 7.49. The minimum absolute atomic E-state index is 0.255. The van der Waals surface area contributed by atoms with Crippen LogP contribution in [0.3, 0.4) is 0 Å². The summed E-state index contributed by atoms with van der Waals surface area (Å²) in [5.74, 6) is -0.656. The third-order valence-electron chi connectivity index (χ3n) is 3.45. The molecule has 0 saturated carbocycles. The Morgan fingerprint density at radius 1 is 1.09 bits per heavy atom. The van der Waals surface area contributed by atoms with Crippen LogP contribution in [0.4, 0.5) is 5.69 Å². The first-order chi connectivity index (χ1) is 10.6. The fraction of sp³-hybridized carbons (Fsp3) is 0.0588. The van der Waals surface area contributed by atoms with Crippen molar-refractivity contribution in [3.05, 3.63) is 65.4 Å². The molecule has 0 unspecified atom stereocenters. The Hall–Kier alpha value is -3.08. The van der Waals surface area contributed by atoms with Crippen LogP contribution in [0, 0.1) is 6.92 Å². The second-order valence-corrected chi connectivity index (χ2v) is 4.95. The van der Waals surface area contributed by atoms with Crippen LogP contribution in [-0.2, 0) is 0 Å². The summed E-state index contributed by atoms with van der Waals surface area (Å²) < 4.78 is 5.61. The second-order valence-electron chi connectivity index (χ2n) is 4.95. The molecule has 110 valence electrons. The minimum Gasteiger partial charge on any atom is -0.451 e. The molecular weight excluding hydrogens is 280 g/mol. The molecule has 5 heteroatoms. The first-order valence-electron chi connectivity index (χ1n) is 6.75. The number of nitrogens with one attached hydrogen (secondary N) is 1. The molecule has 1 aromatic heterocycles. The number of rotatable bonds is 3. The lowest BCUT2D eigenvalue weighted by Crippen LogP contribution is -2.14. The number of hydrogen-bond donors (Lipinski definition) is 2. The van der Waals surface area contributed by atoms with Crippen LogP contribution in [0.5, 0.6) is 0 Å². The lowest BCUT2D eigenvalue weighted by Gasteiger charge is -2.05. The average molecular weight is 294 g/mol. The zero-order chi connectivity index (χ0) is 15.7. The minimum atomic E-state index is -0.545. The summed E-state index contributed by atoms with van der Waals surface area (Å²) in [5, 5.41) is 3.62. The summed E-state index contributed by atoms with van der Waals surface area (Å²) in [6.07, 6.45) is 0. The van der Waals surface area contributed by atoms with E-state index < -0.39 is 5.91 Å². The number of para-hydroxylation sites is 1. The smallest absolute Gasteiger partial charge is 0.291 e. The lowest BCUT2D eigenvalue weighted by molar-refractivity contribution is 0.0989. The second kappa shape index (κ2) is 5.37. The predicted molar refractivity (Wildman–Crippen MR) is 83.9 cm³/mol. The number of hydrogen-bond acceptors (Lipinski definition) is 3. The first kappa shape index (κ1) is 13.9. The Bertz CT molecular complexity index is 880. The van der Waals surface area contributed by atoms with Gasteiger partial charge in [0.2, 0.25) is 5.91 Å². The van der Waals surface area contributed by atoms with Crippen molar-refractivity contribution in [3.63, 3.8) is 0 Å². The monoisotopic (exact) mass is 294 g/mol. The fourth-order valence-electron chi connectivity index (χ4n) is 2.33. The van der Waals surface area contributed by atoms with E-state index in [1.54, 1.807) is 18.2 Å². The number of carbonyl (C=O) groups is 2. The van der Waals surface area contributed by atoms with E-state index in [1.807, 2.05) is 31.2 Å². The number of aryl methyl sites for hydroxylation is 1. The number of fused-ring (bicyclic) bond motifs is 1. The van der Waals surface area contributed by atoms with E-state index in [0.29, 0.717) is 16.8 Å². The predicted octanol–water partition coefficient (Wildman–Crippen LogP) is 3.09. The Kier molecular flexibility index (Phi) is 3.39. The third kappa shape index (κ3) is 2.44. The van der Waals surface area contributed by atoms with E-state index >= 15 is 0 Å². The Morgan fingerprint density at radius 3 is 2.59 bits per heavy atom. The maximum Gasteiger partial charge on any atom is 0.291 e. The molecule has 5 nitrogen and oxygen atoms in total. The Morgan fingerprint density at radius 2 is 1.86 bits per heavy atom. The van der Waals surface area contributed by atoms with Crippen molar-refractivity contribution in [1.82, 2.24) is 0 Å². The van der Waals surface area contributed by atoms with Crippen LogP contribution >= 0.6 is 0 Å². The van der Waals surface area contributed by atoms with Crippen molar-refractivity contribution in [3.8, 4) is 0 Å². The van der Waals surface area contributed by atoms with Crippen molar-refractivity contribution in [2.75, 3.05) is 5.32 Å². The number of primary amides is 1. The molecule has 0 aliphatic carbocycles. The summed E-state index contributed by atoms with van der Waals surface area (Å²) in [6.45, 7) is 1.83. The number of anilines is 1. The molecule has 0 fully saturated rings. The molecule has 2 amide bonds. The number of nitrogens with two attached hydrogens (primary N) is 1. The van der Waals surface area contributed by atoms with Gasteiger partial charge in [-0.1, -0.05) is 24.3 Å². The van der Waals surface area contributed by atoms with Crippen molar-refractivity contribution in [2.24, 2.45) is 5.73 Å². The van der Waals surface area contributed by atoms with E-state index in [4.69, 9.17) is 10.2 Å². The third-order valence-corrected chi connectivity index (χ3v) is 3.45. The molecule has 1 heterocycles. The highest BCUT2D eigenvalue weighted by Gasteiger charge is 2.17. The van der Waals surface area contributed by atoms with Crippen LogP contribution < -0.4 is 11.1 Å². The Balaban J connectivity index is 1.92. The Labute approximate surface area is 126 Å². The van der Waals surface area contributed by atoms with Crippen molar-refractivity contribution in [1.29, 1.82) is 0 Å². The lowest BCUT2D eigenvalue weighted by atomic mass is 10.1. The van der Waals surface area contributed by atoms with E-state index in [0.717, 1.165) is 10.9 Å². The van der Waals surface area contributed by atoms with Gasteiger partial charge >= 0.3 is 0 Å². The van der Waals surface area contributed by atoms with Gasteiger partial charge in [-0.2, -0.15) is 0 Å². The van der Waals surface area contributed by atoms with Crippen LogP contribution in [0.2, 0.25) is 0 Å². The zero-order valence-electron chi connectivity index (χ0n) is 11.9. The van der Waals surface area contributed by atoms with Crippen LogP contribution in [0.25, 0.3) is 11.0 Å². The van der Waals surface area contributed by atoms with E-state index in [2.05, 4.69) is 5.32 Å². The van der Waals surface area contributed by atoms with Gasteiger partial charge in [0.1, 0.15) is 5.58 Å². The zero-order valence-corrected chi connectivity index (χ0v) is 11.9. The SMILES string of the molecule is Cc1c(C(=O)Nc2cccc(C(N)=O)c2)oc2ccccc12. The van der Waals surface area contributed by atoms with Crippen LogP contribution in [0.15, 0.2) is 52.9 Å². The maximum atomic E-state index is 12.4. The molecular formula is C17H14N2O3. The molecule has 3 rings (SSSR count). The average Bonchev–Trinajstić information content (AvgIpc) is 2.85. The molecule has 22 heavy (non-hydrogen) atoms. The standard InChI is InChI=1S/C17H14N2O3/c1-10-13-7-2-3-8-14(13)22-15(10)17(21)19-12-6-4-5-11(9-12)16(18)20/h2-9H,1H3,(H2,18,20)(H,19,21). The summed E-state index contributed by atoms with van der Waals surface area (Å²) in [6, 6.07) is 13.9. The van der Waals surface area contributed by atoms with Crippen molar-refractivity contribution < 1.29 is 14.0 Å². The quantitative estimate of drug-likeness (QED) is 0.778. The highest BCUT2D eigenvalue weighted by molar-refractivity contribution is 6.07. The maximum absolute atomic E-state index is 12.4. The molecule has 3 aromatic rings. The van der Waals surface area contributed by atoms with Gasteiger partial charge in [0, 0.05) is 22.2 Å². The largest absolute Gasteiger partial charge is 0.451 e. The first-order valence-corrected chi connectivity index (χ1v) is 6.75. The topological polar surface area (TPSA) is 85.3 Å². The molecule has 0 spiro atoms. The van der Waals surface area contributed by atoms with Gasteiger partial charge < -0.3 is 15.5 Å². The molecule has 0 bridgehead atoms. The molecule has 0 radical (unpaired) electrons. The van der Waals surface area contributed by atoms with E-state index in [1.165, 1.54) is 6.07 Å².